The monoisotopic (exact) mass is 320 g/mol. The Hall–Kier alpha value is -0.980. The highest BCUT2D eigenvalue weighted by molar-refractivity contribution is 5.02. The van der Waals surface area contributed by atoms with Crippen LogP contribution in [0.3, 0.4) is 0 Å². The molecule has 1 aromatic rings. The van der Waals surface area contributed by atoms with Crippen LogP contribution in [0.5, 0.6) is 0 Å². The SMILES string of the molecule is COC1CCCC1C1COCCN1Cc1nnc(C)n1C1CC1. The average molecular weight is 320 g/mol. The van der Waals surface area contributed by atoms with Crippen molar-refractivity contribution >= 4 is 0 Å². The molecule has 0 bridgehead atoms. The topological polar surface area (TPSA) is 52.4 Å². The average Bonchev–Trinajstić information content (AvgIpc) is 3.17. The lowest BCUT2D eigenvalue weighted by atomic mass is 9.94. The molecule has 2 saturated carbocycles. The van der Waals surface area contributed by atoms with Gasteiger partial charge in [-0.2, -0.15) is 0 Å². The maximum Gasteiger partial charge on any atom is 0.147 e. The Balaban J connectivity index is 1.52. The summed E-state index contributed by atoms with van der Waals surface area (Å²) in [6.07, 6.45) is 6.62. The Bertz CT molecular complexity index is 543. The summed E-state index contributed by atoms with van der Waals surface area (Å²) >= 11 is 0. The van der Waals surface area contributed by atoms with Gasteiger partial charge < -0.3 is 14.0 Å². The van der Waals surface area contributed by atoms with Gasteiger partial charge in [0, 0.05) is 31.7 Å². The smallest absolute Gasteiger partial charge is 0.147 e. The van der Waals surface area contributed by atoms with E-state index in [4.69, 9.17) is 9.47 Å². The van der Waals surface area contributed by atoms with E-state index in [2.05, 4.69) is 26.6 Å². The Labute approximate surface area is 138 Å². The number of nitrogens with zero attached hydrogens (tertiary/aromatic N) is 4. The van der Waals surface area contributed by atoms with Crippen molar-refractivity contribution in [2.24, 2.45) is 5.92 Å². The van der Waals surface area contributed by atoms with Gasteiger partial charge in [-0.15, -0.1) is 10.2 Å². The number of aryl methyl sites for hydroxylation is 1. The van der Waals surface area contributed by atoms with Crippen LogP contribution in [0.15, 0.2) is 0 Å². The molecule has 4 rings (SSSR count). The van der Waals surface area contributed by atoms with Crippen LogP contribution in [0.25, 0.3) is 0 Å². The highest BCUT2D eigenvalue weighted by Gasteiger charge is 2.39. The molecule has 1 saturated heterocycles. The van der Waals surface area contributed by atoms with Crippen molar-refractivity contribution in [3.05, 3.63) is 11.6 Å². The van der Waals surface area contributed by atoms with E-state index in [-0.39, 0.29) is 0 Å². The van der Waals surface area contributed by atoms with Crippen molar-refractivity contribution in [2.75, 3.05) is 26.9 Å². The van der Waals surface area contributed by atoms with Crippen LogP contribution < -0.4 is 0 Å². The fourth-order valence-electron chi connectivity index (χ4n) is 4.45. The normalized spacial score (nSPS) is 32.5. The molecular formula is C17H28N4O2. The lowest BCUT2D eigenvalue weighted by Gasteiger charge is -2.40. The van der Waals surface area contributed by atoms with Gasteiger partial charge in [0.25, 0.3) is 0 Å². The zero-order valence-corrected chi connectivity index (χ0v) is 14.3. The molecule has 0 spiro atoms. The lowest BCUT2D eigenvalue weighted by molar-refractivity contribution is -0.0619. The largest absolute Gasteiger partial charge is 0.381 e. The molecule has 0 N–H and O–H groups in total. The third-order valence-electron chi connectivity index (χ3n) is 5.77. The van der Waals surface area contributed by atoms with Gasteiger partial charge in [-0.05, 0) is 32.6 Å². The molecule has 3 unspecified atom stereocenters. The van der Waals surface area contributed by atoms with Crippen LogP contribution in [0.2, 0.25) is 0 Å². The standard InChI is InChI=1S/C17H28N4O2/c1-12-18-19-17(21(12)13-6-7-13)10-20-8-9-23-11-15(20)14-4-3-5-16(14)22-2/h13-16H,3-11H2,1-2H3. The van der Waals surface area contributed by atoms with Gasteiger partial charge in [0.05, 0.1) is 25.9 Å². The van der Waals surface area contributed by atoms with Crippen molar-refractivity contribution in [1.29, 1.82) is 0 Å². The van der Waals surface area contributed by atoms with E-state index in [1.807, 2.05) is 7.11 Å². The minimum absolute atomic E-state index is 0.382. The van der Waals surface area contributed by atoms with E-state index >= 15 is 0 Å². The number of morpholine rings is 1. The lowest BCUT2D eigenvalue weighted by Crippen LogP contribution is -2.51. The van der Waals surface area contributed by atoms with Crippen molar-refractivity contribution in [1.82, 2.24) is 19.7 Å². The zero-order valence-electron chi connectivity index (χ0n) is 14.3. The van der Waals surface area contributed by atoms with Crippen molar-refractivity contribution in [2.45, 2.75) is 63.8 Å². The molecular weight excluding hydrogens is 292 g/mol. The van der Waals surface area contributed by atoms with Crippen molar-refractivity contribution < 1.29 is 9.47 Å². The number of ether oxygens (including phenoxy) is 2. The number of methoxy groups -OCH3 is 1. The molecule has 6 heteroatoms. The van der Waals surface area contributed by atoms with E-state index in [0.29, 0.717) is 24.1 Å². The summed E-state index contributed by atoms with van der Waals surface area (Å²) in [7, 11) is 1.85. The van der Waals surface area contributed by atoms with Crippen LogP contribution in [0.1, 0.15) is 49.8 Å². The maximum absolute atomic E-state index is 5.81. The van der Waals surface area contributed by atoms with E-state index in [9.17, 15) is 0 Å². The second-order valence-corrected chi connectivity index (χ2v) is 7.25. The number of rotatable bonds is 5. The minimum atomic E-state index is 0.382. The molecule has 6 nitrogen and oxygen atoms in total. The van der Waals surface area contributed by atoms with Crippen LogP contribution >= 0.6 is 0 Å². The van der Waals surface area contributed by atoms with E-state index in [1.165, 1.54) is 32.1 Å². The van der Waals surface area contributed by atoms with Crippen LogP contribution in [0, 0.1) is 12.8 Å². The molecule has 0 radical (unpaired) electrons. The fraction of sp³-hybridized carbons (Fsp3) is 0.882. The molecule has 128 valence electrons. The Morgan fingerprint density at radius 3 is 2.87 bits per heavy atom. The fourth-order valence-corrected chi connectivity index (χ4v) is 4.45. The first-order valence-corrected chi connectivity index (χ1v) is 9.03. The molecule has 3 atom stereocenters. The van der Waals surface area contributed by atoms with Crippen molar-refractivity contribution in [3.63, 3.8) is 0 Å². The van der Waals surface area contributed by atoms with Gasteiger partial charge >= 0.3 is 0 Å². The summed E-state index contributed by atoms with van der Waals surface area (Å²) in [6, 6.07) is 1.08. The van der Waals surface area contributed by atoms with Crippen LogP contribution in [-0.4, -0.2) is 58.7 Å². The molecule has 3 fully saturated rings. The Morgan fingerprint density at radius 1 is 1.22 bits per heavy atom. The van der Waals surface area contributed by atoms with E-state index in [1.54, 1.807) is 0 Å². The first-order valence-electron chi connectivity index (χ1n) is 9.03. The van der Waals surface area contributed by atoms with Gasteiger partial charge in [0.15, 0.2) is 0 Å². The van der Waals surface area contributed by atoms with Gasteiger partial charge in [0.2, 0.25) is 0 Å². The number of hydrogen-bond acceptors (Lipinski definition) is 5. The van der Waals surface area contributed by atoms with Crippen molar-refractivity contribution in [3.8, 4) is 0 Å². The summed E-state index contributed by atoms with van der Waals surface area (Å²) in [4.78, 5) is 2.56. The Morgan fingerprint density at radius 2 is 2.09 bits per heavy atom. The minimum Gasteiger partial charge on any atom is -0.381 e. The molecule has 3 aliphatic rings. The molecule has 23 heavy (non-hydrogen) atoms. The predicted octanol–water partition coefficient (Wildman–Crippen LogP) is 1.94. The first kappa shape index (κ1) is 15.5. The van der Waals surface area contributed by atoms with Gasteiger partial charge in [0.1, 0.15) is 11.6 Å². The maximum atomic E-state index is 5.81. The van der Waals surface area contributed by atoms with E-state index < -0.39 is 0 Å². The molecule has 1 aromatic heterocycles. The van der Waals surface area contributed by atoms with Gasteiger partial charge in [-0.3, -0.25) is 4.90 Å². The molecule has 0 aromatic carbocycles. The second kappa shape index (κ2) is 6.49. The third-order valence-corrected chi connectivity index (χ3v) is 5.77. The summed E-state index contributed by atoms with van der Waals surface area (Å²) in [5.74, 6) is 2.77. The summed E-state index contributed by atoms with van der Waals surface area (Å²) in [5, 5.41) is 8.80. The molecule has 1 aliphatic heterocycles. The highest BCUT2D eigenvalue weighted by Crippen LogP contribution is 2.38. The summed E-state index contributed by atoms with van der Waals surface area (Å²) in [6.45, 7) is 5.58. The quantitative estimate of drug-likeness (QED) is 0.830. The molecule has 2 heterocycles. The molecule has 2 aliphatic carbocycles. The zero-order chi connectivity index (χ0) is 15.8. The first-order chi connectivity index (χ1) is 11.3. The van der Waals surface area contributed by atoms with E-state index in [0.717, 1.165) is 38.0 Å². The molecule has 0 amide bonds. The number of aromatic nitrogens is 3. The Kier molecular flexibility index (Phi) is 4.39. The second-order valence-electron chi connectivity index (χ2n) is 7.25. The summed E-state index contributed by atoms with van der Waals surface area (Å²) in [5.41, 5.74) is 0. The number of hydrogen-bond donors (Lipinski definition) is 0. The van der Waals surface area contributed by atoms with Gasteiger partial charge in [-0.25, -0.2) is 0 Å². The predicted molar refractivity (Wildman–Crippen MR) is 86.2 cm³/mol. The highest BCUT2D eigenvalue weighted by atomic mass is 16.5. The van der Waals surface area contributed by atoms with Crippen LogP contribution in [0.4, 0.5) is 0 Å². The van der Waals surface area contributed by atoms with Gasteiger partial charge in [-0.1, -0.05) is 6.42 Å². The third kappa shape index (κ3) is 3.04. The summed E-state index contributed by atoms with van der Waals surface area (Å²) < 4.78 is 13.9. The van der Waals surface area contributed by atoms with Crippen LogP contribution in [-0.2, 0) is 16.0 Å².